The largest absolute Gasteiger partial charge is 0.493 e. The van der Waals surface area contributed by atoms with Crippen molar-refractivity contribution in [3.8, 4) is 22.9 Å². The summed E-state index contributed by atoms with van der Waals surface area (Å²) in [5, 5.41) is 17.4. The monoisotopic (exact) mass is 388 g/mol. The van der Waals surface area contributed by atoms with Crippen molar-refractivity contribution in [2.45, 2.75) is 37.8 Å². The van der Waals surface area contributed by atoms with Crippen LogP contribution in [0.1, 0.15) is 31.7 Å². The second-order valence-corrected chi connectivity index (χ2v) is 7.33. The average Bonchev–Trinajstić information content (AvgIpc) is 3.39. The van der Waals surface area contributed by atoms with Gasteiger partial charge < -0.3 is 19.7 Å². The molecule has 0 amide bonds. The van der Waals surface area contributed by atoms with Gasteiger partial charge in [0.25, 0.3) is 0 Å². The lowest BCUT2D eigenvalue weighted by Crippen LogP contribution is -2.45. The van der Waals surface area contributed by atoms with Crippen LogP contribution in [0.25, 0.3) is 11.4 Å². The van der Waals surface area contributed by atoms with E-state index in [1.54, 1.807) is 19.0 Å². The number of piperidine rings is 1. The molecule has 0 spiro atoms. The lowest BCUT2D eigenvalue weighted by atomic mass is 10.1. The second kappa shape index (κ2) is 7.67. The Morgan fingerprint density at radius 2 is 1.85 bits per heavy atom. The first kappa shape index (κ1) is 18.0. The smallest absolute Gasteiger partial charge is 0.205 e. The van der Waals surface area contributed by atoms with E-state index < -0.39 is 0 Å². The predicted molar refractivity (Wildman–Crippen MR) is 105 cm³/mol. The third kappa shape index (κ3) is 3.97. The van der Waals surface area contributed by atoms with Gasteiger partial charge in [0.15, 0.2) is 16.6 Å². The lowest BCUT2D eigenvalue weighted by molar-refractivity contribution is 0.234. The molecule has 1 aliphatic carbocycles. The van der Waals surface area contributed by atoms with Gasteiger partial charge in [-0.25, -0.2) is 0 Å². The van der Waals surface area contributed by atoms with Gasteiger partial charge >= 0.3 is 0 Å². The maximum absolute atomic E-state index is 5.50. The molecule has 144 valence electrons. The van der Waals surface area contributed by atoms with Crippen molar-refractivity contribution >= 4 is 17.3 Å². The van der Waals surface area contributed by atoms with E-state index in [4.69, 9.17) is 21.7 Å². The zero-order valence-corrected chi connectivity index (χ0v) is 16.4. The Hall–Kier alpha value is -2.42. The van der Waals surface area contributed by atoms with Gasteiger partial charge in [0.1, 0.15) is 0 Å². The van der Waals surface area contributed by atoms with Crippen LogP contribution >= 0.6 is 12.2 Å². The molecule has 1 aliphatic heterocycles. The lowest BCUT2D eigenvalue weighted by Gasteiger charge is -2.33. The van der Waals surface area contributed by atoms with Crippen LogP contribution < -0.4 is 14.8 Å². The molecule has 1 aromatic heterocycles. The molecule has 8 nitrogen and oxygen atoms in total. The molecule has 0 radical (unpaired) electrons. The number of likely N-dealkylation sites (tertiary alicyclic amines) is 1. The van der Waals surface area contributed by atoms with E-state index in [1.165, 1.54) is 12.8 Å². The third-order valence-corrected chi connectivity index (χ3v) is 5.43. The Kier molecular flexibility index (Phi) is 5.11. The first-order valence-corrected chi connectivity index (χ1v) is 9.66. The fraction of sp³-hybridized carbons (Fsp3) is 0.556. The molecule has 0 bridgehead atoms. The maximum Gasteiger partial charge on any atom is 0.205 e. The number of benzene rings is 1. The highest BCUT2D eigenvalue weighted by Crippen LogP contribution is 2.31. The van der Waals surface area contributed by atoms with Crippen molar-refractivity contribution in [1.29, 1.82) is 0 Å². The van der Waals surface area contributed by atoms with E-state index in [0.29, 0.717) is 23.4 Å². The molecule has 2 fully saturated rings. The van der Waals surface area contributed by atoms with Crippen molar-refractivity contribution in [1.82, 2.24) is 30.4 Å². The molecular formula is C18H24N6O2S. The van der Waals surface area contributed by atoms with Crippen molar-refractivity contribution in [2.75, 3.05) is 27.3 Å². The zero-order valence-electron chi connectivity index (χ0n) is 15.6. The van der Waals surface area contributed by atoms with E-state index in [0.717, 1.165) is 36.6 Å². The van der Waals surface area contributed by atoms with Crippen LogP contribution in [0.4, 0.5) is 0 Å². The molecule has 2 heterocycles. The van der Waals surface area contributed by atoms with Crippen LogP contribution in [0, 0.1) is 0 Å². The van der Waals surface area contributed by atoms with Gasteiger partial charge in [0.2, 0.25) is 5.82 Å². The van der Waals surface area contributed by atoms with Gasteiger partial charge in [-0.05, 0) is 61.3 Å². The van der Waals surface area contributed by atoms with E-state index in [1.807, 2.05) is 18.2 Å². The minimum atomic E-state index is 0.242. The molecule has 1 aromatic carbocycles. The van der Waals surface area contributed by atoms with E-state index in [2.05, 4.69) is 25.6 Å². The summed E-state index contributed by atoms with van der Waals surface area (Å²) in [7, 11) is 3.23. The summed E-state index contributed by atoms with van der Waals surface area (Å²) in [4.78, 5) is 3.98. The Bertz CT molecular complexity index is 814. The van der Waals surface area contributed by atoms with Crippen LogP contribution in [0.3, 0.4) is 0 Å². The van der Waals surface area contributed by atoms with Gasteiger partial charge in [-0.2, -0.15) is 4.80 Å². The number of nitrogens with one attached hydrogen (secondary N) is 1. The summed E-state index contributed by atoms with van der Waals surface area (Å²) in [5.74, 6) is 1.91. The van der Waals surface area contributed by atoms with Crippen LogP contribution in [0.5, 0.6) is 11.5 Å². The number of aromatic nitrogens is 4. The SMILES string of the molecule is COc1ccc(-c2nnn(C3CCN(C(=S)NC4CC4)CC3)n2)cc1OC. The topological polar surface area (TPSA) is 77.3 Å². The van der Waals surface area contributed by atoms with Gasteiger partial charge in [0, 0.05) is 24.7 Å². The standard InChI is InChI=1S/C18H24N6O2S/c1-25-15-6-3-12(11-16(15)26-2)17-20-22-24(21-17)14-7-9-23(10-8-14)18(27)19-13-4-5-13/h3,6,11,13-14H,4-5,7-10H2,1-2H3,(H,19,27). The highest BCUT2D eigenvalue weighted by Gasteiger charge is 2.27. The Morgan fingerprint density at radius 3 is 2.52 bits per heavy atom. The maximum atomic E-state index is 5.50. The van der Waals surface area contributed by atoms with Crippen LogP contribution in [-0.2, 0) is 0 Å². The summed E-state index contributed by atoms with van der Waals surface area (Å²) in [6.07, 6.45) is 4.37. The highest BCUT2D eigenvalue weighted by atomic mass is 32.1. The molecule has 9 heteroatoms. The molecule has 2 aliphatic rings. The fourth-order valence-electron chi connectivity index (χ4n) is 3.26. The fourth-order valence-corrected chi connectivity index (χ4v) is 3.61. The molecule has 2 aromatic rings. The molecule has 1 saturated carbocycles. The molecule has 1 saturated heterocycles. The second-order valence-electron chi connectivity index (χ2n) is 6.95. The molecule has 1 N–H and O–H groups in total. The van der Waals surface area contributed by atoms with Crippen LogP contribution in [0.2, 0.25) is 0 Å². The van der Waals surface area contributed by atoms with E-state index in [9.17, 15) is 0 Å². The normalized spacial score (nSPS) is 17.6. The number of nitrogens with zero attached hydrogens (tertiary/aromatic N) is 5. The molecular weight excluding hydrogens is 364 g/mol. The van der Waals surface area contributed by atoms with Crippen LogP contribution in [-0.4, -0.2) is 63.6 Å². The average molecular weight is 388 g/mol. The van der Waals surface area contributed by atoms with Gasteiger partial charge in [0.05, 0.1) is 20.3 Å². The van der Waals surface area contributed by atoms with E-state index in [-0.39, 0.29) is 6.04 Å². The number of hydrogen-bond acceptors (Lipinski definition) is 6. The van der Waals surface area contributed by atoms with Crippen molar-refractivity contribution in [2.24, 2.45) is 0 Å². The summed E-state index contributed by atoms with van der Waals surface area (Å²) >= 11 is 5.50. The summed E-state index contributed by atoms with van der Waals surface area (Å²) in [5.41, 5.74) is 0.853. The van der Waals surface area contributed by atoms with Crippen molar-refractivity contribution in [3.05, 3.63) is 18.2 Å². The predicted octanol–water partition coefficient (Wildman–Crippen LogP) is 2.03. The molecule has 0 atom stereocenters. The van der Waals surface area contributed by atoms with Crippen LogP contribution in [0.15, 0.2) is 18.2 Å². The van der Waals surface area contributed by atoms with Crippen molar-refractivity contribution < 1.29 is 9.47 Å². The third-order valence-electron chi connectivity index (χ3n) is 5.05. The van der Waals surface area contributed by atoms with Crippen molar-refractivity contribution in [3.63, 3.8) is 0 Å². The Labute approximate surface area is 163 Å². The first-order chi connectivity index (χ1) is 13.2. The molecule has 4 rings (SSSR count). The first-order valence-electron chi connectivity index (χ1n) is 9.25. The molecule has 0 unspecified atom stereocenters. The number of methoxy groups -OCH3 is 2. The summed E-state index contributed by atoms with van der Waals surface area (Å²) < 4.78 is 10.6. The minimum Gasteiger partial charge on any atom is -0.493 e. The highest BCUT2D eigenvalue weighted by molar-refractivity contribution is 7.80. The number of tetrazole rings is 1. The quantitative estimate of drug-likeness (QED) is 0.780. The number of thiocarbonyl (C=S) groups is 1. The number of rotatable bonds is 5. The Morgan fingerprint density at radius 1 is 1.11 bits per heavy atom. The number of ether oxygens (including phenoxy) is 2. The minimum absolute atomic E-state index is 0.242. The molecule has 27 heavy (non-hydrogen) atoms. The van der Waals surface area contributed by atoms with Gasteiger partial charge in [-0.15, -0.1) is 10.2 Å². The van der Waals surface area contributed by atoms with E-state index >= 15 is 0 Å². The Balaban J connectivity index is 1.40. The summed E-state index contributed by atoms with van der Waals surface area (Å²) in [6.45, 7) is 1.83. The van der Waals surface area contributed by atoms with Gasteiger partial charge in [-0.1, -0.05) is 0 Å². The zero-order chi connectivity index (χ0) is 18.8. The van der Waals surface area contributed by atoms with Gasteiger partial charge in [-0.3, -0.25) is 0 Å². The number of hydrogen-bond donors (Lipinski definition) is 1. The summed E-state index contributed by atoms with van der Waals surface area (Å²) in [6, 6.07) is 6.46.